The third-order valence-electron chi connectivity index (χ3n) is 19.2. The van der Waals surface area contributed by atoms with E-state index < -0.39 is 24.3 Å². The molecule has 9 nitrogen and oxygen atoms in total. The van der Waals surface area contributed by atoms with Gasteiger partial charge in [-0.3, -0.25) is 9.59 Å². The van der Waals surface area contributed by atoms with Gasteiger partial charge >= 0.3 is 17.9 Å². The molecule has 0 aromatic carbocycles. The molecule has 0 radical (unpaired) electrons. The van der Waals surface area contributed by atoms with E-state index in [4.69, 9.17) is 18.9 Å². The number of carbonyl (C=O) groups is 3. The lowest BCUT2D eigenvalue weighted by Gasteiger charge is -2.25. The minimum atomic E-state index is -1.52. The standard InChI is InChI=1S/C95H165NO8/c1-6-8-10-12-14-16-18-20-22-24-26-28-30-32-34-36-38-40-42-44-46-48-49-51-53-55-57-59-61-63-65-67-69-71-73-75-77-79-81-83-85-92(97)102-89-91(90-103-95(94(99)100)101-88-87-96(3,4)5)104-93(98)86-84-82-80-78-76-74-72-70-68-66-64-62-60-58-56-54-52-50-47-45-43-41-39-37-35-33-31-29-27-25-23-21-19-17-15-13-11-9-7-2/h9,11,15,17,21,23,27,29,33,35,39,41,45,47,52,54,58,60,64,66,70,72,91,95H,6-8,10,12-14,16,18-20,22,24-26,28,30-32,34,36-38,40,42-44,46,48-51,53,55-57,59,61-63,65,67-69,71,73-90H2,1-5H3/p+1/b11-9-,17-15-,23-21-,29-27-,35-33-,41-39-,47-45-,54-52-,60-58-,66-64-,72-70-. The predicted molar refractivity (Wildman–Crippen MR) is 451 cm³/mol. The zero-order valence-electron chi connectivity index (χ0n) is 68.7. The first kappa shape index (κ1) is 99.4. The predicted octanol–water partition coefficient (Wildman–Crippen LogP) is 28.8. The van der Waals surface area contributed by atoms with Crippen molar-refractivity contribution in [1.82, 2.24) is 0 Å². The summed E-state index contributed by atoms with van der Waals surface area (Å²) in [7, 11) is 5.98. The Morgan fingerprint density at radius 1 is 0.298 bits per heavy atom. The average molecular weight is 1450 g/mol. The molecule has 1 N–H and O–H groups in total. The van der Waals surface area contributed by atoms with Crippen LogP contribution in [-0.4, -0.2) is 87.4 Å². The van der Waals surface area contributed by atoms with Gasteiger partial charge in [0.05, 0.1) is 34.4 Å². The molecule has 0 saturated heterocycles. The summed E-state index contributed by atoms with van der Waals surface area (Å²) in [5.41, 5.74) is 0. The third kappa shape index (κ3) is 84.7. The van der Waals surface area contributed by atoms with E-state index in [-0.39, 0.29) is 32.2 Å². The van der Waals surface area contributed by atoms with Crippen LogP contribution >= 0.6 is 0 Å². The van der Waals surface area contributed by atoms with Gasteiger partial charge in [0, 0.05) is 12.8 Å². The number of rotatable bonds is 81. The molecule has 0 amide bonds. The number of hydrogen-bond acceptors (Lipinski definition) is 7. The summed E-state index contributed by atoms with van der Waals surface area (Å²) >= 11 is 0. The van der Waals surface area contributed by atoms with Crippen LogP contribution in [-0.2, 0) is 33.3 Å². The molecule has 0 aliphatic carbocycles. The van der Waals surface area contributed by atoms with Crippen molar-refractivity contribution < 1.29 is 42.9 Å². The Morgan fingerprint density at radius 2 is 0.548 bits per heavy atom. The van der Waals surface area contributed by atoms with Gasteiger partial charge in [0.1, 0.15) is 13.2 Å². The normalized spacial score (nSPS) is 13.3. The van der Waals surface area contributed by atoms with Gasteiger partial charge in [0.25, 0.3) is 6.29 Å². The summed E-state index contributed by atoms with van der Waals surface area (Å²) in [5.74, 6) is -2.02. The van der Waals surface area contributed by atoms with Crippen molar-refractivity contribution in [3.05, 3.63) is 134 Å². The second-order valence-electron chi connectivity index (χ2n) is 30.5. The molecule has 598 valence electrons. The fourth-order valence-electron chi connectivity index (χ4n) is 12.6. The smallest absolute Gasteiger partial charge is 0.361 e. The van der Waals surface area contributed by atoms with Gasteiger partial charge in [0.15, 0.2) is 6.10 Å². The van der Waals surface area contributed by atoms with Gasteiger partial charge in [-0.15, -0.1) is 0 Å². The maximum Gasteiger partial charge on any atom is 0.361 e. The quantitative estimate of drug-likeness (QED) is 0.0211. The minimum absolute atomic E-state index is 0.179. The van der Waals surface area contributed by atoms with Crippen molar-refractivity contribution in [3.8, 4) is 0 Å². The van der Waals surface area contributed by atoms with Crippen molar-refractivity contribution in [2.24, 2.45) is 0 Å². The van der Waals surface area contributed by atoms with E-state index in [1.807, 2.05) is 21.1 Å². The molecule has 0 aromatic heterocycles. The average Bonchev–Trinajstić information content (AvgIpc) is 1.13. The van der Waals surface area contributed by atoms with Crippen LogP contribution in [0, 0.1) is 0 Å². The molecule has 104 heavy (non-hydrogen) atoms. The topological polar surface area (TPSA) is 108 Å². The van der Waals surface area contributed by atoms with Crippen LogP contribution < -0.4 is 0 Å². The van der Waals surface area contributed by atoms with Crippen molar-refractivity contribution >= 4 is 17.9 Å². The second kappa shape index (κ2) is 84.1. The number of ether oxygens (including phenoxy) is 4. The van der Waals surface area contributed by atoms with Crippen LogP contribution in [0.1, 0.15) is 393 Å². The Balaban J connectivity index is 4.04. The van der Waals surface area contributed by atoms with E-state index in [0.29, 0.717) is 23.9 Å². The summed E-state index contributed by atoms with van der Waals surface area (Å²) in [6, 6.07) is 0. The third-order valence-corrected chi connectivity index (χ3v) is 19.2. The van der Waals surface area contributed by atoms with Gasteiger partial charge in [0.2, 0.25) is 0 Å². The largest absolute Gasteiger partial charge is 0.477 e. The molecular weight excluding hydrogens is 1280 g/mol. The number of unbranched alkanes of at least 4 members (excludes halogenated alkanes) is 44. The number of likely N-dealkylation sites (N-methyl/N-ethyl adjacent to an activating group) is 1. The molecule has 0 saturated carbocycles. The Kier molecular flexibility index (Phi) is 80.4. The van der Waals surface area contributed by atoms with Crippen molar-refractivity contribution in [2.75, 3.05) is 47.5 Å². The Labute approximate surface area is 643 Å². The number of carbonyl (C=O) groups excluding carboxylic acids is 2. The SMILES string of the molecule is CC/C=C\C/C=C\C/C=C\C/C=C\C/C=C\C/C=C\C/C=C\C/C=C\C/C=C\C/C=C\C/C=C\CCCCCCCC(=O)OC(COC(=O)CCCCCCCCCCCCCCCCCCCCCCCCCCCCCCCCCCCCCCCCCC)COC(OCC[N+](C)(C)C)C(=O)O. The van der Waals surface area contributed by atoms with E-state index in [2.05, 4.69) is 148 Å². The van der Waals surface area contributed by atoms with E-state index in [1.54, 1.807) is 0 Å². The maximum atomic E-state index is 13.0. The zero-order chi connectivity index (χ0) is 75.3. The zero-order valence-corrected chi connectivity index (χ0v) is 68.7. The molecule has 0 spiro atoms. The number of quaternary nitrogens is 1. The first-order chi connectivity index (χ1) is 51.1. The number of esters is 2. The lowest BCUT2D eigenvalue weighted by molar-refractivity contribution is -0.870. The lowest BCUT2D eigenvalue weighted by atomic mass is 10.0. The molecule has 0 aromatic rings. The highest BCUT2D eigenvalue weighted by molar-refractivity contribution is 5.71. The van der Waals surface area contributed by atoms with E-state index >= 15 is 0 Å². The molecule has 0 aliphatic heterocycles. The molecule has 0 fully saturated rings. The summed E-state index contributed by atoms with van der Waals surface area (Å²) < 4.78 is 23.0. The molecule has 2 unspecified atom stereocenters. The van der Waals surface area contributed by atoms with E-state index in [9.17, 15) is 19.5 Å². The molecule has 0 heterocycles. The Bertz CT molecular complexity index is 2190. The molecule has 9 heteroatoms. The highest BCUT2D eigenvalue weighted by Crippen LogP contribution is 2.20. The monoisotopic (exact) mass is 1450 g/mol. The summed E-state index contributed by atoms with van der Waals surface area (Å²) in [6.45, 7) is 4.78. The van der Waals surface area contributed by atoms with Crippen molar-refractivity contribution in [2.45, 2.75) is 405 Å². The number of allylic oxidation sites excluding steroid dienone is 22. The van der Waals surface area contributed by atoms with Crippen LogP contribution in [0.15, 0.2) is 134 Å². The fraction of sp³-hybridized carbons (Fsp3) is 0.737. The van der Waals surface area contributed by atoms with Gasteiger partial charge in [-0.05, 0) is 96.3 Å². The highest BCUT2D eigenvalue weighted by atomic mass is 16.7. The summed E-state index contributed by atoms with van der Waals surface area (Å²) in [4.78, 5) is 37.8. The van der Waals surface area contributed by atoms with Crippen LogP contribution in [0.25, 0.3) is 0 Å². The number of carboxylic acid groups (broad SMARTS) is 1. The van der Waals surface area contributed by atoms with Gasteiger partial charge in [-0.1, -0.05) is 417 Å². The Hall–Kier alpha value is -4.57. The summed E-state index contributed by atoms with van der Waals surface area (Å²) in [6.07, 6.45) is 119. The first-order valence-electron chi connectivity index (χ1n) is 43.8. The summed E-state index contributed by atoms with van der Waals surface area (Å²) in [5, 5.41) is 9.79. The molecule has 2 atom stereocenters. The Morgan fingerprint density at radius 3 is 0.817 bits per heavy atom. The first-order valence-corrected chi connectivity index (χ1v) is 43.8. The minimum Gasteiger partial charge on any atom is -0.477 e. The van der Waals surface area contributed by atoms with Crippen molar-refractivity contribution in [3.63, 3.8) is 0 Å². The van der Waals surface area contributed by atoms with E-state index in [0.717, 1.165) is 122 Å². The molecule has 0 rings (SSSR count). The maximum absolute atomic E-state index is 13.0. The number of aliphatic carboxylic acids is 1. The van der Waals surface area contributed by atoms with Crippen LogP contribution in [0.5, 0.6) is 0 Å². The molecule has 0 bridgehead atoms. The second-order valence-corrected chi connectivity index (χ2v) is 30.5. The van der Waals surface area contributed by atoms with Gasteiger partial charge in [-0.25, -0.2) is 4.79 Å². The van der Waals surface area contributed by atoms with Crippen LogP contribution in [0.2, 0.25) is 0 Å². The number of carboxylic acids is 1. The van der Waals surface area contributed by atoms with Gasteiger partial charge in [-0.2, -0.15) is 0 Å². The highest BCUT2D eigenvalue weighted by Gasteiger charge is 2.25. The fourth-order valence-corrected chi connectivity index (χ4v) is 12.6. The van der Waals surface area contributed by atoms with Crippen molar-refractivity contribution in [1.29, 1.82) is 0 Å². The number of nitrogens with zero attached hydrogens (tertiary/aromatic N) is 1. The van der Waals surface area contributed by atoms with Crippen LogP contribution in [0.4, 0.5) is 0 Å². The van der Waals surface area contributed by atoms with Gasteiger partial charge < -0.3 is 28.5 Å². The van der Waals surface area contributed by atoms with Crippen LogP contribution in [0.3, 0.4) is 0 Å². The number of hydrogen-bond donors (Lipinski definition) is 1. The molecular formula is C95H166NO8+. The molecule has 0 aliphatic rings. The lowest BCUT2D eigenvalue weighted by Crippen LogP contribution is -2.40. The van der Waals surface area contributed by atoms with E-state index in [1.165, 1.54) is 238 Å².